The topological polar surface area (TPSA) is 43.6 Å². The van der Waals surface area contributed by atoms with E-state index in [1.165, 1.54) is 64.2 Å². The van der Waals surface area contributed by atoms with Crippen LogP contribution in [-0.4, -0.2) is 19.5 Å². The van der Waals surface area contributed by atoms with Crippen LogP contribution in [0.15, 0.2) is 182 Å². The van der Waals surface area contributed by atoms with Crippen molar-refractivity contribution in [2.45, 2.75) is 0 Å². The van der Waals surface area contributed by atoms with Crippen LogP contribution in [0.1, 0.15) is 0 Å². The second kappa shape index (κ2) is 12.2. The Morgan fingerprint density at radius 3 is 1.66 bits per heavy atom. The minimum atomic E-state index is 0.657. The van der Waals surface area contributed by atoms with E-state index in [4.69, 9.17) is 15.0 Å². The van der Waals surface area contributed by atoms with E-state index in [2.05, 4.69) is 168 Å². The van der Waals surface area contributed by atoms with Gasteiger partial charge in [0.05, 0.1) is 11.0 Å². The van der Waals surface area contributed by atoms with E-state index in [-0.39, 0.29) is 0 Å². The lowest BCUT2D eigenvalue weighted by Gasteiger charge is -2.11. The first-order valence-electron chi connectivity index (χ1n) is 18.9. The maximum Gasteiger partial charge on any atom is 0.165 e. The van der Waals surface area contributed by atoms with Crippen molar-refractivity contribution in [2.24, 2.45) is 0 Å². The maximum absolute atomic E-state index is 5.19. The number of aromatic nitrogens is 4. The number of fused-ring (bicyclic) bond motifs is 11. The molecule has 0 bridgehead atoms. The first-order chi connectivity index (χ1) is 27.7. The van der Waals surface area contributed by atoms with Crippen LogP contribution in [0.2, 0.25) is 0 Å². The third-order valence-electron chi connectivity index (χ3n) is 11.2. The highest BCUT2D eigenvalue weighted by molar-refractivity contribution is 7.26. The largest absolute Gasteiger partial charge is 0.308 e. The molecule has 3 aromatic heterocycles. The molecule has 9 aromatic carbocycles. The van der Waals surface area contributed by atoms with Crippen molar-refractivity contribution >= 4 is 85.6 Å². The highest BCUT2D eigenvalue weighted by Crippen LogP contribution is 2.44. The third kappa shape index (κ3) is 4.75. The van der Waals surface area contributed by atoms with Crippen molar-refractivity contribution in [3.8, 4) is 39.9 Å². The Hall–Kier alpha value is -7.21. The standard InChI is InChI=1S/C51H30N4S/c1-2-14-34(15-3-1)49-52-50(36-22-21-31-11-4-5-16-35(31)29-36)54-51(53-49)44-20-10-19-43-40-28-25-37(30-45(40)56-48(43)44)55-46-38-17-8-6-12-32(38)23-26-41(46)42-27-24-33-13-7-9-18-39(33)47(42)55/h1-30H. The van der Waals surface area contributed by atoms with E-state index in [0.717, 1.165) is 32.5 Å². The summed E-state index contributed by atoms with van der Waals surface area (Å²) in [6.07, 6.45) is 0. The van der Waals surface area contributed by atoms with Gasteiger partial charge in [-0.25, -0.2) is 15.0 Å². The van der Waals surface area contributed by atoms with Gasteiger partial charge in [-0.2, -0.15) is 0 Å². The highest BCUT2D eigenvalue weighted by Gasteiger charge is 2.20. The molecule has 0 N–H and O–H groups in total. The Labute approximate surface area is 325 Å². The Balaban J connectivity index is 1.09. The van der Waals surface area contributed by atoms with Gasteiger partial charge in [0.1, 0.15) is 0 Å². The molecule has 4 nitrogen and oxygen atoms in total. The van der Waals surface area contributed by atoms with Gasteiger partial charge in [-0.1, -0.05) is 158 Å². The fourth-order valence-corrected chi connectivity index (χ4v) is 9.81. The predicted molar refractivity (Wildman–Crippen MR) is 236 cm³/mol. The monoisotopic (exact) mass is 730 g/mol. The molecule has 0 aliphatic rings. The van der Waals surface area contributed by atoms with Crippen molar-refractivity contribution in [3.63, 3.8) is 0 Å². The summed E-state index contributed by atoms with van der Waals surface area (Å²) < 4.78 is 4.87. The molecule has 0 unspecified atom stereocenters. The van der Waals surface area contributed by atoms with Crippen LogP contribution in [0, 0.1) is 0 Å². The Morgan fingerprint density at radius 1 is 0.357 bits per heavy atom. The molecule has 3 heterocycles. The highest BCUT2D eigenvalue weighted by atomic mass is 32.1. The molecule has 260 valence electrons. The van der Waals surface area contributed by atoms with Gasteiger partial charge in [-0.3, -0.25) is 0 Å². The summed E-state index contributed by atoms with van der Waals surface area (Å²) in [5, 5.41) is 12.2. The van der Waals surface area contributed by atoms with Gasteiger partial charge < -0.3 is 4.57 Å². The van der Waals surface area contributed by atoms with E-state index < -0.39 is 0 Å². The van der Waals surface area contributed by atoms with Crippen LogP contribution in [0.25, 0.3) is 114 Å². The van der Waals surface area contributed by atoms with Gasteiger partial charge in [0.15, 0.2) is 17.5 Å². The first kappa shape index (κ1) is 31.2. The molecule has 0 spiro atoms. The van der Waals surface area contributed by atoms with Crippen LogP contribution < -0.4 is 0 Å². The van der Waals surface area contributed by atoms with Crippen LogP contribution in [0.3, 0.4) is 0 Å². The van der Waals surface area contributed by atoms with Gasteiger partial charge in [-0.15, -0.1) is 11.3 Å². The van der Waals surface area contributed by atoms with Crippen LogP contribution in [-0.2, 0) is 0 Å². The minimum Gasteiger partial charge on any atom is -0.308 e. The molecular weight excluding hydrogens is 701 g/mol. The van der Waals surface area contributed by atoms with Crippen molar-refractivity contribution in [3.05, 3.63) is 182 Å². The fourth-order valence-electron chi connectivity index (χ4n) is 8.57. The molecule has 56 heavy (non-hydrogen) atoms. The van der Waals surface area contributed by atoms with E-state index in [0.29, 0.717) is 17.5 Å². The zero-order valence-electron chi connectivity index (χ0n) is 30.0. The van der Waals surface area contributed by atoms with Gasteiger partial charge in [0.25, 0.3) is 0 Å². The second-order valence-corrected chi connectivity index (χ2v) is 15.5. The van der Waals surface area contributed by atoms with Crippen LogP contribution in [0.5, 0.6) is 0 Å². The summed E-state index contributed by atoms with van der Waals surface area (Å²) in [5.41, 5.74) is 6.52. The average molecular weight is 731 g/mol. The smallest absolute Gasteiger partial charge is 0.165 e. The van der Waals surface area contributed by atoms with Gasteiger partial charge in [0, 0.05) is 64.1 Å². The predicted octanol–water partition coefficient (Wildman–Crippen LogP) is 13.8. The normalized spacial score (nSPS) is 11.9. The number of hydrogen-bond donors (Lipinski definition) is 0. The van der Waals surface area contributed by atoms with E-state index in [1.807, 2.05) is 18.2 Å². The van der Waals surface area contributed by atoms with Crippen LogP contribution in [0.4, 0.5) is 0 Å². The summed E-state index contributed by atoms with van der Waals surface area (Å²) in [6, 6.07) is 65.0. The van der Waals surface area contributed by atoms with Crippen molar-refractivity contribution < 1.29 is 0 Å². The molecule has 12 aromatic rings. The van der Waals surface area contributed by atoms with Gasteiger partial charge >= 0.3 is 0 Å². The Kier molecular flexibility index (Phi) is 6.76. The Morgan fingerprint density at radius 2 is 0.929 bits per heavy atom. The van der Waals surface area contributed by atoms with Crippen molar-refractivity contribution in [2.75, 3.05) is 0 Å². The van der Waals surface area contributed by atoms with Crippen molar-refractivity contribution in [1.29, 1.82) is 0 Å². The Bertz CT molecular complexity index is 3450. The molecular formula is C51H30N4S. The van der Waals surface area contributed by atoms with E-state index in [1.54, 1.807) is 11.3 Å². The van der Waals surface area contributed by atoms with E-state index in [9.17, 15) is 0 Å². The van der Waals surface area contributed by atoms with Crippen molar-refractivity contribution in [1.82, 2.24) is 19.5 Å². The summed E-state index contributed by atoms with van der Waals surface area (Å²) in [4.78, 5) is 15.4. The molecule has 0 atom stereocenters. The maximum atomic E-state index is 5.19. The average Bonchev–Trinajstić information content (AvgIpc) is 3.82. The number of thiophene rings is 1. The lowest BCUT2D eigenvalue weighted by molar-refractivity contribution is 1.08. The number of rotatable bonds is 4. The molecule has 0 fully saturated rings. The lowest BCUT2D eigenvalue weighted by Crippen LogP contribution is -2.00. The van der Waals surface area contributed by atoms with Crippen LogP contribution >= 0.6 is 11.3 Å². The molecule has 0 saturated heterocycles. The van der Waals surface area contributed by atoms with E-state index >= 15 is 0 Å². The zero-order valence-corrected chi connectivity index (χ0v) is 30.8. The lowest BCUT2D eigenvalue weighted by atomic mass is 10.0. The summed E-state index contributed by atoms with van der Waals surface area (Å²) >= 11 is 1.80. The number of hydrogen-bond acceptors (Lipinski definition) is 4. The molecule has 0 aliphatic carbocycles. The quantitative estimate of drug-likeness (QED) is 0.181. The summed E-state index contributed by atoms with van der Waals surface area (Å²) in [5.74, 6) is 1.98. The summed E-state index contributed by atoms with van der Waals surface area (Å²) in [6.45, 7) is 0. The number of benzene rings is 9. The fraction of sp³-hybridized carbons (Fsp3) is 0. The molecule has 12 rings (SSSR count). The number of nitrogens with zero attached hydrogens (tertiary/aromatic N) is 4. The first-order valence-corrected chi connectivity index (χ1v) is 19.7. The second-order valence-electron chi connectivity index (χ2n) is 14.4. The molecule has 0 saturated carbocycles. The molecule has 5 heteroatoms. The zero-order chi connectivity index (χ0) is 36.7. The van der Waals surface area contributed by atoms with Gasteiger partial charge in [0.2, 0.25) is 0 Å². The third-order valence-corrected chi connectivity index (χ3v) is 12.4. The SMILES string of the molecule is c1ccc(-c2nc(-c3ccc4ccccc4c3)nc(-c3cccc4c3sc3cc(-n5c6c7ccccc7ccc6c6ccc7ccccc7c65)ccc34)n2)cc1. The molecule has 0 aliphatic heterocycles. The summed E-state index contributed by atoms with van der Waals surface area (Å²) in [7, 11) is 0. The molecule has 0 amide bonds. The molecule has 0 radical (unpaired) electrons. The minimum absolute atomic E-state index is 0.657. The van der Waals surface area contributed by atoms with Gasteiger partial charge in [-0.05, 0) is 45.8 Å².